The van der Waals surface area contributed by atoms with Gasteiger partial charge in [0.2, 0.25) is 10.0 Å². The number of hydrogen-bond donors (Lipinski definition) is 0. The SMILES string of the molecule is CCN(CC)CCN(C(=O)c1ccc(S(=O)(=O)N2CC(C)OC(C)C2)cc1)c1nc2c(OC)ccc(OC)c2s1. The maximum atomic E-state index is 13.9. The molecule has 0 bridgehead atoms. The number of morpholine rings is 1. The highest BCUT2D eigenvalue weighted by Gasteiger charge is 2.32. The minimum atomic E-state index is -3.72. The van der Waals surface area contributed by atoms with Gasteiger partial charge in [0.1, 0.15) is 21.7 Å². The molecule has 0 radical (unpaired) electrons. The molecule has 0 spiro atoms. The van der Waals surface area contributed by atoms with Crippen LogP contribution in [0.4, 0.5) is 5.13 Å². The summed E-state index contributed by atoms with van der Waals surface area (Å²) in [6.45, 7) is 11.2. The van der Waals surface area contributed by atoms with Crippen LogP contribution in [0.3, 0.4) is 0 Å². The van der Waals surface area contributed by atoms with Crippen LogP contribution < -0.4 is 14.4 Å². The van der Waals surface area contributed by atoms with E-state index >= 15 is 0 Å². The fourth-order valence-corrected chi connectivity index (χ4v) is 7.55. The highest BCUT2D eigenvalue weighted by molar-refractivity contribution is 7.89. The molecule has 40 heavy (non-hydrogen) atoms. The highest BCUT2D eigenvalue weighted by atomic mass is 32.2. The van der Waals surface area contributed by atoms with Gasteiger partial charge in [-0.2, -0.15) is 4.31 Å². The Bertz CT molecular complexity index is 1370. The van der Waals surface area contributed by atoms with E-state index in [0.29, 0.717) is 40.8 Å². The summed E-state index contributed by atoms with van der Waals surface area (Å²) in [7, 11) is -0.544. The second-order valence-electron chi connectivity index (χ2n) is 9.73. The van der Waals surface area contributed by atoms with Crippen molar-refractivity contribution in [3.05, 3.63) is 42.0 Å². The van der Waals surface area contributed by atoms with E-state index < -0.39 is 10.0 Å². The van der Waals surface area contributed by atoms with E-state index in [1.807, 2.05) is 19.9 Å². The van der Waals surface area contributed by atoms with Crippen LogP contribution in [-0.2, 0) is 14.8 Å². The van der Waals surface area contributed by atoms with E-state index in [2.05, 4.69) is 18.7 Å². The third-order valence-electron chi connectivity index (χ3n) is 7.03. The van der Waals surface area contributed by atoms with E-state index in [9.17, 15) is 13.2 Å². The van der Waals surface area contributed by atoms with Gasteiger partial charge in [-0.1, -0.05) is 25.2 Å². The smallest absolute Gasteiger partial charge is 0.260 e. The molecular formula is C28H38N4O6S2. The molecule has 1 fully saturated rings. The third-order valence-corrected chi connectivity index (χ3v) is 9.97. The maximum Gasteiger partial charge on any atom is 0.260 e. The summed E-state index contributed by atoms with van der Waals surface area (Å²) < 4.78 is 45.6. The van der Waals surface area contributed by atoms with Crippen LogP contribution in [0.5, 0.6) is 11.5 Å². The van der Waals surface area contributed by atoms with E-state index in [-0.39, 0.29) is 36.1 Å². The van der Waals surface area contributed by atoms with Crippen LogP contribution in [0.1, 0.15) is 38.1 Å². The van der Waals surface area contributed by atoms with Crippen molar-refractivity contribution in [3.8, 4) is 11.5 Å². The van der Waals surface area contributed by atoms with Gasteiger partial charge in [-0.25, -0.2) is 13.4 Å². The van der Waals surface area contributed by atoms with Crippen LogP contribution in [0.25, 0.3) is 10.2 Å². The van der Waals surface area contributed by atoms with Crippen molar-refractivity contribution in [3.63, 3.8) is 0 Å². The maximum absolute atomic E-state index is 13.9. The number of hydrogen-bond acceptors (Lipinski definition) is 9. The van der Waals surface area contributed by atoms with E-state index in [0.717, 1.165) is 17.8 Å². The zero-order chi connectivity index (χ0) is 29.0. The molecule has 1 amide bonds. The molecule has 1 saturated heterocycles. The number of ether oxygens (including phenoxy) is 3. The number of fused-ring (bicyclic) bond motifs is 1. The lowest BCUT2D eigenvalue weighted by atomic mass is 10.2. The Balaban J connectivity index is 1.67. The fraction of sp³-hybridized carbons (Fsp3) is 0.500. The van der Waals surface area contributed by atoms with Gasteiger partial charge in [0, 0.05) is 31.7 Å². The normalized spacial score (nSPS) is 18.3. The molecule has 2 unspecified atom stereocenters. The number of aromatic nitrogens is 1. The summed E-state index contributed by atoms with van der Waals surface area (Å²) in [6, 6.07) is 9.76. The molecule has 3 aromatic rings. The molecule has 4 rings (SSSR count). The number of carbonyl (C=O) groups is 1. The molecule has 12 heteroatoms. The van der Waals surface area contributed by atoms with Crippen molar-refractivity contribution in [2.45, 2.75) is 44.8 Å². The van der Waals surface area contributed by atoms with Crippen LogP contribution in [0.15, 0.2) is 41.3 Å². The van der Waals surface area contributed by atoms with Crippen LogP contribution in [0, 0.1) is 0 Å². The van der Waals surface area contributed by atoms with E-state index in [4.69, 9.17) is 19.2 Å². The summed E-state index contributed by atoms with van der Waals surface area (Å²) in [4.78, 5) is 22.7. The number of thiazole rings is 1. The quantitative estimate of drug-likeness (QED) is 0.329. The Morgan fingerprint density at radius 2 is 1.60 bits per heavy atom. The third kappa shape index (κ3) is 6.26. The molecule has 1 aliphatic heterocycles. The van der Waals surface area contributed by atoms with Crippen molar-refractivity contribution in [1.29, 1.82) is 0 Å². The van der Waals surface area contributed by atoms with E-state index in [1.54, 1.807) is 37.3 Å². The molecular weight excluding hydrogens is 552 g/mol. The summed E-state index contributed by atoms with van der Waals surface area (Å²) in [5, 5.41) is 0.517. The monoisotopic (exact) mass is 590 g/mol. The van der Waals surface area contributed by atoms with Crippen LogP contribution in [-0.4, -0.2) is 94.2 Å². The number of anilines is 1. The van der Waals surface area contributed by atoms with Crippen LogP contribution >= 0.6 is 11.3 Å². The molecule has 0 saturated carbocycles. The average molecular weight is 591 g/mol. The van der Waals surface area contributed by atoms with Crippen molar-refractivity contribution < 1.29 is 27.4 Å². The van der Waals surface area contributed by atoms with Gasteiger partial charge in [-0.05, 0) is 63.3 Å². The number of sulfonamides is 1. The van der Waals surface area contributed by atoms with Gasteiger partial charge in [0.15, 0.2) is 5.13 Å². The molecule has 2 atom stereocenters. The zero-order valence-corrected chi connectivity index (χ0v) is 25.5. The van der Waals surface area contributed by atoms with Crippen molar-refractivity contribution in [2.24, 2.45) is 0 Å². The first-order valence-electron chi connectivity index (χ1n) is 13.4. The minimum Gasteiger partial charge on any atom is -0.495 e. The molecule has 0 aliphatic carbocycles. The summed E-state index contributed by atoms with van der Waals surface area (Å²) >= 11 is 1.36. The van der Waals surface area contributed by atoms with Crippen LogP contribution in [0.2, 0.25) is 0 Å². The van der Waals surface area contributed by atoms with Crippen molar-refractivity contribution >= 4 is 42.6 Å². The molecule has 2 aromatic carbocycles. The van der Waals surface area contributed by atoms with Crippen molar-refractivity contribution in [2.75, 3.05) is 58.4 Å². The Kier molecular flexibility index (Phi) is 9.68. The Labute approximate surface area is 240 Å². The Morgan fingerprint density at radius 1 is 1.00 bits per heavy atom. The lowest BCUT2D eigenvalue weighted by Gasteiger charge is -2.34. The topological polar surface area (TPSA) is 102 Å². The standard InChI is InChI=1S/C28H38N4O6S2/c1-7-30(8-2)15-16-32(28-29-25-23(36-5)13-14-24(37-6)26(25)39-28)27(33)21-9-11-22(12-10-21)40(34,35)31-17-19(3)38-20(4)18-31/h9-14,19-20H,7-8,15-18H2,1-6H3. The lowest BCUT2D eigenvalue weighted by molar-refractivity contribution is -0.0440. The van der Waals surface area contributed by atoms with Gasteiger partial charge in [-0.15, -0.1) is 0 Å². The first-order valence-corrected chi connectivity index (χ1v) is 15.7. The summed E-state index contributed by atoms with van der Waals surface area (Å²) in [5.41, 5.74) is 0.998. The van der Waals surface area contributed by atoms with Crippen molar-refractivity contribution in [1.82, 2.24) is 14.2 Å². The number of carbonyl (C=O) groups excluding carboxylic acids is 1. The average Bonchev–Trinajstić information content (AvgIpc) is 3.39. The molecule has 0 N–H and O–H groups in total. The van der Waals surface area contributed by atoms with E-state index in [1.165, 1.54) is 27.8 Å². The predicted octanol–water partition coefficient (Wildman–Crippen LogP) is 4.10. The fourth-order valence-electron chi connectivity index (χ4n) is 4.86. The number of likely N-dealkylation sites (N-methyl/N-ethyl adjacent to an activating group) is 1. The van der Waals surface area contributed by atoms with Gasteiger partial charge in [0.05, 0.1) is 31.3 Å². The van der Waals surface area contributed by atoms with Gasteiger partial charge < -0.3 is 19.1 Å². The molecule has 1 aliphatic rings. The first-order chi connectivity index (χ1) is 19.1. The summed E-state index contributed by atoms with van der Waals surface area (Å²) in [5.74, 6) is 0.981. The number of methoxy groups -OCH3 is 2. The number of benzene rings is 2. The van der Waals surface area contributed by atoms with Gasteiger partial charge >= 0.3 is 0 Å². The predicted molar refractivity (Wildman–Crippen MR) is 157 cm³/mol. The largest absolute Gasteiger partial charge is 0.495 e. The second kappa shape index (κ2) is 12.8. The minimum absolute atomic E-state index is 0.148. The molecule has 10 nitrogen and oxygen atoms in total. The molecule has 2 heterocycles. The second-order valence-corrected chi connectivity index (χ2v) is 12.6. The number of nitrogens with zero attached hydrogens (tertiary/aromatic N) is 4. The number of amides is 1. The molecule has 1 aromatic heterocycles. The first kappa shape index (κ1) is 30.2. The Morgan fingerprint density at radius 3 is 2.17 bits per heavy atom. The van der Waals surface area contributed by atoms with Gasteiger partial charge in [0.25, 0.3) is 5.91 Å². The Hall–Kier alpha value is -2.77. The molecule has 218 valence electrons. The zero-order valence-electron chi connectivity index (χ0n) is 23.9. The number of rotatable bonds is 11. The highest BCUT2D eigenvalue weighted by Crippen LogP contribution is 2.40. The lowest BCUT2D eigenvalue weighted by Crippen LogP contribution is -2.48. The van der Waals surface area contributed by atoms with Gasteiger partial charge in [-0.3, -0.25) is 9.69 Å². The summed E-state index contributed by atoms with van der Waals surface area (Å²) in [6.07, 6.45) is -0.380.